The van der Waals surface area contributed by atoms with Crippen molar-refractivity contribution < 1.29 is 13.2 Å². The third kappa shape index (κ3) is 2.64. The first-order valence-electron chi connectivity index (χ1n) is 6.42. The summed E-state index contributed by atoms with van der Waals surface area (Å²) in [5.41, 5.74) is 6.59. The van der Waals surface area contributed by atoms with Crippen LogP contribution in [-0.4, -0.2) is 0 Å². The Morgan fingerprint density at radius 1 is 1.14 bits per heavy atom. The smallest absolute Gasteiger partial charge is 0.169 e. The van der Waals surface area contributed by atoms with Gasteiger partial charge in [0.25, 0.3) is 0 Å². The first kappa shape index (κ1) is 14.0. The van der Waals surface area contributed by atoms with Gasteiger partial charge >= 0.3 is 0 Å². The zero-order valence-electron chi connectivity index (χ0n) is 10.9. The second-order valence-electron chi connectivity index (χ2n) is 4.83. The number of rotatable bonds is 3. The van der Waals surface area contributed by atoms with Crippen molar-refractivity contribution in [2.24, 2.45) is 5.73 Å². The van der Waals surface area contributed by atoms with Crippen LogP contribution >= 0.6 is 11.6 Å². The van der Waals surface area contributed by atoms with E-state index in [0.717, 1.165) is 0 Å². The number of halogens is 3. The number of hydrogen-bond donors (Lipinski definition) is 1. The van der Waals surface area contributed by atoms with Gasteiger partial charge in [0, 0.05) is 5.39 Å². The van der Waals surface area contributed by atoms with Crippen molar-refractivity contribution in [2.75, 3.05) is 0 Å². The third-order valence-corrected chi connectivity index (χ3v) is 3.64. The molecule has 3 rings (SSSR count). The molecule has 1 heterocycles. The maximum Gasteiger partial charge on any atom is 0.169 e. The predicted molar refractivity (Wildman–Crippen MR) is 78.2 cm³/mol. The molecule has 0 saturated carbocycles. The average molecular weight is 308 g/mol. The van der Waals surface area contributed by atoms with E-state index in [2.05, 4.69) is 0 Å². The van der Waals surface area contributed by atoms with Gasteiger partial charge in [-0.1, -0.05) is 35.9 Å². The molecule has 2 N–H and O–H groups in total. The summed E-state index contributed by atoms with van der Waals surface area (Å²) in [7, 11) is 0. The van der Waals surface area contributed by atoms with Crippen molar-refractivity contribution in [3.8, 4) is 0 Å². The molecule has 0 spiro atoms. The van der Waals surface area contributed by atoms with E-state index in [1.807, 2.05) is 0 Å². The van der Waals surface area contributed by atoms with Crippen molar-refractivity contribution in [3.63, 3.8) is 0 Å². The van der Waals surface area contributed by atoms with E-state index >= 15 is 0 Å². The lowest BCUT2D eigenvalue weighted by Crippen LogP contribution is -2.13. The molecule has 1 unspecified atom stereocenters. The molecule has 3 aromatic rings. The van der Waals surface area contributed by atoms with E-state index in [1.165, 1.54) is 12.1 Å². The Hall–Kier alpha value is -1.91. The van der Waals surface area contributed by atoms with Crippen molar-refractivity contribution in [1.82, 2.24) is 0 Å². The van der Waals surface area contributed by atoms with Crippen molar-refractivity contribution in [1.29, 1.82) is 0 Å². The van der Waals surface area contributed by atoms with Crippen molar-refractivity contribution in [3.05, 3.63) is 70.4 Å². The fourth-order valence-corrected chi connectivity index (χ4v) is 2.47. The SMILES string of the molecule is NC(Cc1cccc(Cl)c1F)c1cc2cccc(F)c2o1. The standard InChI is InChI=1S/C16H12ClF2NO/c17-11-5-1-3-9(15(11)19)7-13(20)14-8-10-4-2-6-12(18)16(10)21-14/h1-6,8,13H,7,20H2. The zero-order chi connectivity index (χ0) is 15.0. The molecule has 21 heavy (non-hydrogen) atoms. The first-order valence-corrected chi connectivity index (χ1v) is 6.80. The summed E-state index contributed by atoms with van der Waals surface area (Å²) >= 11 is 5.74. The van der Waals surface area contributed by atoms with Gasteiger partial charge in [-0.3, -0.25) is 0 Å². The third-order valence-electron chi connectivity index (χ3n) is 3.35. The molecule has 0 saturated heterocycles. The minimum absolute atomic E-state index is 0.0513. The fraction of sp³-hybridized carbons (Fsp3) is 0.125. The van der Waals surface area contributed by atoms with Crippen LogP contribution in [0.4, 0.5) is 8.78 Å². The Morgan fingerprint density at radius 3 is 2.67 bits per heavy atom. The number of benzene rings is 2. The first-order chi connectivity index (χ1) is 10.1. The molecule has 1 aromatic heterocycles. The van der Waals surface area contributed by atoms with E-state index in [4.69, 9.17) is 21.8 Å². The Balaban J connectivity index is 1.92. The van der Waals surface area contributed by atoms with Crippen LogP contribution in [-0.2, 0) is 6.42 Å². The molecule has 2 aromatic carbocycles. The molecule has 0 radical (unpaired) electrons. The monoisotopic (exact) mass is 307 g/mol. The quantitative estimate of drug-likeness (QED) is 0.767. The van der Waals surface area contributed by atoms with Crippen LogP contribution in [0.3, 0.4) is 0 Å². The summed E-state index contributed by atoms with van der Waals surface area (Å²) in [5.74, 6) is -0.522. The summed E-state index contributed by atoms with van der Waals surface area (Å²) in [6.07, 6.45) is 0.216. The lowest BCUT2D eigenvalue weighted by Gasteiger charge is -2.10. The van der Waals surface area contributed by atoms with Gasteiger partial charge in [-0.25, -0.2) is 8.78 Å². The topological polar surface area (TPSA) is 39.2 Å². The van der Waals surface area contributed by atoms with Crippen LogP contribution in [0.2, 0.25) is 5.02 Å². The highest BCUT2D eigenvalue weighted by Gasteiger charge is 2.17. The van der Waals surface area contributed by atoms with Gasteiger partial charge in [-0.2, -0.15) is 0 Å². The predicted octanol–water partition coefficient (Wildman–Crippen LogP) is 4.61. The number of nitrogens with two attached hydrogens (primary N) is 1. The normalized spacial score (nSPS) is 12.8. The number of fused-ring (bicyclic) bond motifs is 1. The van der Waals surface area contributed by atoms with Crippen molar-refractivity contribution >= 4 is 22.6 Å². The molecule has 1 atom stereocenters. The van der Waals surface area contributed by atoms with E-state index in [1.54, 1.807) is 30.3 Å². The summed E-state index contributed by atoms with van der Waals surface area (Å²) < 4.78 is 32.9. The maximum atomic E-state index is 13.9. The molecule has 0 aliphatic rings. The highest BCUT2D eigenvalue weighted by molar-refractivity contribution is 6.30. The maximum absolute atomic E-state index is 13.9. The lowest BCUT2D eigenvalue weighted by molar-refractivity contribution is 0.473. The van der Waals surface area contributed by atoms with Crippen LogP contribution in [0.1, 0.15) is 17.4 Å². The Kier molecular flexibility index (Phi) is 3.66. The number of para-hydroxylation sites is 1. The zero-order valence-corrected chi connectivity index (χ0v) is 11.7. The Labute approximate surface area is 125 Å². The van der Waals surface area contributed by atoms with Gasteiger partial charge in [0.1, 0.15) is 11.6 Å². The van der Waals surface area contributed by atoms with Gasteiger partial charge in [0.05, 0.1) is 11.1 Å². The summed E-state index contributed by atoms with van der Waals surface area (Å²) in [4.78, 5) is 0. The summed E-state index contributed by atoms with van der Waals surface area (Å²) in [6, 6.07) is 10.5. The molecule has 0 fully saturated rings. The van der Waals surface area contributed by atoms with Crippen LogP contribution in [0.5, 0.6) is 0 Å². The molecule has 0 aliphatic carbocycles. The van der Waals surface area contributed by atoms with E-state index in [9.17, 15) is 8.78 Å². The Bertz CT molecular complexity index is 800. The fourth-order valence-electron chi connectivity index (χ4n) is 2.27. The number of furan rings is 1. The molecule has 108 valence electrons. The Morgan fingerprint density at radius 2 is 1.90 bits per heavy atom. The summed E-state index contributed by atoms with van der Waals surface area (Å²) in [5, 5.41) is 0.683. The van der Waals surface area contributed by atoms with Gasteiger partial charge in [0.15, 0.2) is 11.4 Å². The second-order valence-corrected chi connectivity index (χ2v) is 5.24. The highest BCUT2D eigenvalue weighted by Crippen LogP contribution is 2.28. The highest BCUT2D eigenvalue weighted by atomic mass is 35.5. The van der Waals surface area contributed by atoms with E-state index in [-0.39, 0.29) is 17.0 Å². The van der Waals surface area contributed by atoms with E-state index in [0.29, 0.717) is 16.7 Å². The largest absolute Gasteiger partial charge is 0.456 e. The minimum Gasteiger partial charge on any atom is -0.456 e. The lowest BCUT2D eigenvalue weighted by atomic mass is 10.0. The number of hydrogen-bond acceptors (Lipinski definition) is 2. The van der Waals surface area contributed by atoms with Crippen LogP contribution < -0.4 is 5.73 Å². The van der Waals surface area contributed by atoms with Crippen LogP contribution in [0, 0.1) is 11.6 Å². The van der Waals surface area contributed by atoms with E-state index < -0.39 is 17.7 Å². The van der Waals surface area contributed by atoms with Crippen LogP contribution in [0.15, 0.2) is 46.9 Å². The van der Waals surface area contributed by atoms with Crippen molar-refractivity contribution in [2.45, 2.75) is 12.5 Å². The molecule has 0 amide bonds. The molecular weight excluding hydrogens is 296 g/mol. The average Bonchev–Trinajstić information content (AvgIpc) is 2.89. The summed E-state index contributed by atoms with van der Waals surface area (Å²) in [6.45, 7) is 0. The molecule has 5 heteroatoms. The minimum atomic E-state index is -0.579. The van der Waals surface area contributed by atoms with Crippen LogP contribution in [0.25, 0.3) is 11.0 Å². The molecule has 0 aliphatic heterocycles. The molecule has 2 nitrogen and oxygen atoms in total. The van der Waals surface area contributed by atoms with Gasteiger partial charge in [0.2, 0.25) is 0 Å². The molecular formula is C16H12ClF2NO. The van der Waals surface area contributed by atoms with Gasteiger partial charge < -0.3 is 10.2 Å². The van der Waals surface area contributed by atoms with Gasteiger partial charge in [-0.05, 0) is 30.2 Å². The molecule has 0 bridgehead atoms. The second kappa shape index (κ2) is 5.47. The van der Waals surface area contributed by atoms with Gasteiger partial charge in [-0.15, -0.1) is 0 Å².